The van der Waals surface area contributed by atoms with Crippen LogP contribution in [0.4, 0.5) is 5.95 Å². The molecule has 0 aliphatic carbocycles. The predicted octanol–water partition coefficient (Wildman–Crippen LogP) is 3.87. The van der Waals surface area contributed by atoms with E-state index in [2.05, 4.69) is 15.2 Å². The van der Waals surface area contributed by atoms with Crippen molar-refractivity contribution in [3.63, 3.8) is 0 Å². The van der Waals surface area contributed by atoms with E-state index in [4.69, 9.17) is 21.8 Å². The third-order valence-electron chi connectivity index (χ3n) is 3.42. The molecule has 120 valence electrons. The van der Waals surface area contributed by atoms with Crippen LogP contribution in [-0.2, 0) is 7.05 Å². The second-order valence-electron chi connectivity index (χ2n) is 5.13. The first-order valence-electron chi connectivity index (χ1n) is 7.00. The first-order chi connectivity index (χ1) is 11.0. The van der Waals surface area contributed by atoms with Gasteiger partial charge in [-0.2, -0.15) is 0 Å². The van der Waals surface area contributed by atoms with Crippen molar-refractivity contribution in [2.75, 3.05) is 5.73 Å². The summed E-state index contributed by atoms with van der Waals surface area (Å²) < 4.78 is 7.69. The molecule has 2 N–H and O–H groups in total. The van der Waals surface area contributed by atoms with Crippen LogP contribution >= 0.6 is 23.4 Å². The number of aromatic nitrogens is 4. The van der Waals surface area contributed by atoms with Gasteiger partial charge in [-0.05, 0) is 38.1 Å². The van der Waals surface area contributed by atoms with Crippen molar-refractivity contribution in [3.05, 3.63) is 40.9 Å². The summed E-state index contributed by atoms with van der Waals surface area (Å²) in [6.07, 6.45) is 0. The van der Waals surface area contributed by atoms with Crippen LogP contribution in [0.25, 0.3) is 11.3 Å². The zero-order chi connectivity index (χ0) is 16.6. The minimum absolute atomic E-state index is 0.0166. The third-order valence-corrected chi connectivity index (χ3v) is 4.79. The van der Waals surface area contributed by atoms with Gasteiger partial charge in [-0.3, -0.25) is 4.57 Å². The second kappa shape index (κ2) is 6.25. The maximum Gasteiger partial charge on any atom is 0.222 e. The molecule has 0 spiro atoms. The number of nitrogens with zero attached hydrogens (tertiary/aromatic N) is 4. The number of benzene rings is 1. The van der Waals surface area contributed by atoms with Crippen LogP contribution in [0, 0.1) is 6.92 Å². The molecule has 0 saturated heterocycles. The highest BCUT2D eigenvalue weighted by Crippen LogP contribution is 2.36. The highest BCUT2D eigenvalue weighted by Gasteiger charge is 2.20. The summed E-state index contributed by atoms with van der Waals surface area (Å²) in [5.74, 6) is 1.77. The Morgan fingerprint density at radius 2 is 1.96 bits per heavy atom. The Labute approximate surface area is 143 Å². The maximum atomic E-state index is 5.96. The van der Waals surface area contributed by atoms with E-state index in [1.54, 1.807) is 4.57 Å². The average molecular weight is 350 g/mol. The number of nitrogen functional groups attached to an aromatic ring is 1. The average Bonchev–Trinajstić information content (AvgIpc) is 3.06. The first kappa shape index (κ1) is 15.9. The maximum absolute atomic E-state index is 5.96. The van der Waals surface area contributed by atoms with Crippen LogP contribution in [0.2, 0.25) is 5.02 Å². The third kappa shape index (κ3) is 3.20. The van der Waals surface area contributed by atoms with Crippen LogP contribution in [0.3, 0.4) is 0 Å². The van der Waals surface area contributed by atoms with Gasteiger partial charge in [0.25, 0.3) is 0 Å². The summed E-state index contributed by atoms with van der Waals surface area (Å²) in [6, 6.07) is 7.50. The number of thioether (sulfide) groups is 1. The summed E-state index contributed by atoms with van der Waals surface area (Å²) in [5, 5.41) is 9.29. The molecule has 0 saturated carbocycles. The summed E-state index contributed by atoms with van der Waals surface area (Å²) >= 11 is 7.42. The van der Waals surface area contributed by atoms with Gasteiger partial charge in [0.1, 0.15) is 0 Å². The Morgan fingerprint density at radius 1 is 1.26 bits per heavy atom. The summed E-state index contributed by atoms with van der Waals surface area (Å²) in [6.45, 7) is 3.93. The van der Waals surface area contributed by atoms with E-state index in [0.717, 1.165) is 22.2 Å². The Kier molecular flexibility index (Phi) is 4.32. The fourth-order valence-electron chi connectivity index (χ4n) is 2.10. The van der Waals surface area contributed by atoms with E-state index in [1.807, 2.05) is 45.2 Å². The highest BCUT2D eigenvalue weighted by atomic mass is 35.5. The molecule has 0 amide bonds. The lowest BCUT2D eigenvalue weighted by Gasteiger charge is -2.06. The minimum atomic E-state index is -0.0166. The number of rotatable bonds is 4. The molecule has 0 bridgehead atoms. The molecule has 0 fully saturated rings. The van der Waals surface area contributed by atoms with Gasteiger partial charge in [0, 0.05) is 17.6 Å². The SMILES string of the molecule is Cc1nc([C@@H](C)Sc2nnc(N)n2C)oc1-c1ccc(Cl)cc1. The predicted molar refractivity (Wildman–Crippen MR) is 91.4 cm³/mol. The van der Waals surface area contributed by atoms with Crippen molar-refractivity contribution in [2.24, 2.45) is 7.05 Å². The number of halogens is 1. The number of oxazole rings is 1. The number of hydrogen-bond acceptors (Lipinski definition) is 6. The van der Waals surface area contributed by atoms with Gasteiger partial charge in [0.15, 0.2) is 10.9 Å². The minimum Gasteiger partial charge on any atom is -0.439 e. The number of hydrogen-bond donors (Lipinski definition) is 1. The van der Waals surface area contributed by atoms with Crippen molar-refractivity contribution in [1.29, 1.82) is 0 Å². The summed E-state index contributed by atoms with van der Waals surface area (Å²) in [7, 11) is 1.82. The van der Waals surface area contributed by atoms with Gasteiger partial charge in [0.05, 0.1) is 10.9 Å². The van der Waals surface area contributed by atoms with E-state index >= 15 is 0 Å². The highest BCUT2D eigenvalue weighted by molar-refractivity contribution is 7.99. The Bertz CT molecular complexity index is 827. The van der Waals surface area contributed by atoms with Gasteiger partial charge >= 0.3 is 0 Å². The first-order valence-corrected chi connectivity index (χ1v) is 8.26. The Balaban J connectivity index is 1.85. The lowest BCUT2D eigenvalue weighted by Crippen LogP contribution is -1.99. The van der Waals surface area contributed by atoms with Gasteiger partial charge in [-0.15, -0.1) is 10.2 Å². The van der Waals surface area contributed by atoms with E-state index in [-0.39, 0.29) is 5.25 Å². The summed E-state index contributed by atoms with van der Waals surface area (Å²) in [5.41, 5.74) is 7.49. The van der Waals surface area contributed by atoms with E-state index in [9.17, 15) is 0 Å². The topological polar surface area (TPSA) is 82.8 Å². The van der Waals surface area contributed by atoms with E-state index in [1.165, 1.54) is 11.8 Å². The van der Waals surface area contributed by atoms with Crippen molar-refractivity contribution < 1.29 is 4.42 Å². The quantitative estimate of drug-likeness (QED) is 0.720. The molecule has 3 rings (SSSR count). The molecule has 2 aromatic heterocycles. The van der Waals surface area contributed by atoms with Gasteiger partial charge in [-0.25, -0.2) is 4.98 Å². The van der Waals surface area contributed by atoms with Crippen LogP contribution < -0.4 is 5.73 Å². The number of nitrogens with two attached hydrogens (primary N) is 1. The van der Waals surface area contributed by atoms with E-state index < -0.39 is 0 Å². The molecule has 8 heteroatoms. The molecule has 0 aliphatic heterocycles. The molecule has 0 radical (unpaired) electrons. The second-order valence-corrected chi connectivity index (χ2v) is 6.88. The molecule has 0 aliphatic rings. The number of aryl methyl sites for hydroxylation is 1. The lowest BCUT2D eigenvalue weighted by atomic mass is 10.1. The van der Waals surface area contributed by atoms with Crippen molar-refractivity contribution in [1.82, 2.24) is 19.7 Å². The fourth-order valence-corrected chi connectivity index (χ4v) is 3.08. The largest absolute Gasteiger partial charge is 0.439 e. The van der Waals surface area contributed by atoms with Crippen LogP contribution in [0.1, 0.15) is 23.8 Å². The van der Waals surface area contributed by atoms with Gasteiger partial charge < -0.3 is 10.2 Å². The van der Waals surface area contributed by atoms with Gasteiger partial charge in [0.2, 0.25) is 11.8 Å². The number of anilines is 1. The van der Waals surface area contributed by atoms with Crippen molar-refractivity contribution in [3.8, 4) is 11.3 Å². The fraction of sp³-hybridized carbons (Fsp3) is 0.267. The molecule has 1 aromatic carbocycles. The van der Waals surface area contributed by atoms with Crippen molar-refractivity contribution >= 4 is 29.3 Å². The molecule has 1 atom stereocenters. The van der Waals surface area contributed by atoms with E-state index in [0.29, 0.717) is 16.9 Å². The molecule has 0 unspecified atom stereocenters. The van der Waals surface area contributed by atoms with Crippen LogP contribution in [0.5, 0.6) is 0 Å². The lowest BCUT2D eigenvalue weighted by molar-refractivity contribution is 0.509. The standard InChI is InChI=1S/C15H16ClN5OS/c1-8-12(10-4-6-11(16)7-5-10)22-13(18-8)9(2)23-15-20-19-14(17)21(15)3/h4-7,9H,1-3H3,(H2,17,19)/t9-/m1/s1. The zero-order valence-electron chi connectivity index (χ0n) is 12.9. The summed E-state index contributed by atoms with van der Waals surface area (Å²) in [4.78, 5) is 4.53. The molecule has 2 heterocycles. The molecule has 3 aromatic rings. The van der Waals surface area contributed by atoms with Gasteiger partial charge in [-0.1, -0.05) is 23.4 Å². The Hall–Kier alpha value is -1.99. The normalized spacial score (nSPS) is 12.5. The van der Waals surface area contributed by atoms with Crippen LogP contribution in [-0.4, -0.2) is 19.7 Å². The molecule has 23 heavy (non-hydrogen) atoms. The molecular weight excluding hydrogens is 334 g/mol. The van der Waals surface area contributed by atoms with Crippen molar-refractivity contribution in [2.45, 2.75) is 24.3 Å². The molecular formula is C15H16ClN5OS. The van der Waals surface area contributed by atoms with Crippen LogP contribution in [0.15, 0.2) is 33.8 Å². The molecule has 6 nitrogen and oxygen atoms in total. The zero-order valence-corrected chi connectivity index (χ0v) is 14.5. The monoisotopic (exact) mass is 349 g/mol. The Morgan fingerprint density at radius 3 is 2.57 bits per heavy atom. The smallest absolute Gasteiger partial charge is 0.222 e.